The van der Waals surface area contributed by atoms with Crippen molar-refractivity contribution in [2.45, 2.75) is 11.8 Å². The topological polar surface area (TPSA) is 29.1 Å². The monoisotopic (exact) mass is 339 g/mol. The fourth-order valence-electron chi connectivity index (χ4n) is 1.64. The van der Waals surface area contributed by atoms with E-state index in [1.807, 2.05) is 0 Å². The first-order chi connectivity index (χ1) is 8.99. The van der Waals surface area contributed by atoms with Gasteiger partial charge >= 0.3 is 0 Å². The maximum atomic E-state index is 13.5. The summed E-state index contributed by atoms with van der Waals surface area (Å²) >= 11 is 7.33. The lowest BCUT2D eigenvalue weighted by Crippen LogP contribution is -2.13. The van der Waals surface area contributed by atoms with E-state index in [4.69, 9.17) is 0 Å². The van der Waals surface area contributed by atoms with Gasteiger partial charge in [-0.1, -0.05) is 12.1 Å². The summed E-state index contributed by atoms with van der Waals surface area (Å²) in [6.45, 7) is 1.80. The number of hydrogen-bond donors (Lipinski definition) is 2. The smallest absolute Gasteiger partial charge is 0.256 e. The summed E-state index contributed by atoms with van der Waals surface area (Å²) in [6, 6.07) is 9.86. The van der Waals surface area contributed by atoms with E-state index in [-0.39, 0.29) is 5.91 Å². The second kappa shape index (κ2) is 5.75. The van der Waals surface area contributed by atoms with Crippen LogP contribution < -0.4 is 5.32 Å². The molecule has 98 valence electrons. The Morgan fingerprint density at radius 1 is 1.32 bits per heavy atom. The molecule has 0 spiro atoms. The molecule has 0 atom stereocenters. The zero-order valence-corrected chi connectivity index (χ0v) is 12.6. The minimum absolute atomic E-state index is 0.310. The molecule has 19 heavy (non-hydrogen) atoms. The second-order valence-corrected chi connectivity index (χ2v) is 5.39. The van der Waals surface area contributed by atoms with Crippen molar-refractivity contribution < 1.29 is 9.18 Å². The van der Waals surface area contributed by atoms with Crippen molar-refractivity contribution in [3.8, 4) is 0 Å². The van der Waals surface area contributed by atoms with Crippen molar-refractivity contribution >= 4 is 40.2 Å². The zero-order chi connectivity index (χ0) is 14.0. The summed E-state index contributed by atoms with van der Waals surface area (Å²) in [5.41, 5.74) is 1.68. The van der Waals surface area contributed by atoms with Crippen molar-refractivity contribution in [2.24, 2.45) is 0 Å². The molecule has 0 unspecified atom stereocenters. The Morgan fingerprint density at radius 3 is 2.68 bits per heavy atom. The molecule has 5 heteroatoms. The van der Waals surface area contributed by atoms with Crippen LogP contribution in [0.3, 0.4) is 0 Å². The predicted molar refractivity (Wildman–Crippen MR) is 80.5 cm³/mol. The summed E-state index contributed by atoms with van der Waals surface area (Å²) in [6.07, 6.45) is 0. The number of rotatable bonds is 2. The summed E-state index contributed by atoms with van der Waals surface area (Å²) in [5, 5.41) is 2.69. The second-order valence-electron chi connectivity index (χ2n) is 4.05. The first kappa shape index (κ1) is 14.1. The highest BCUT2D eigenvalue weighted by Crippen LogP contribution is 2.25. The van der Waals surface area contributed by atoms with Crippen LogP contribution in [-0.2, 0) is 0 Å². The van der Waals surface area contributed by atoms with E-state index in [0.717, 1.165) is 5.56 Å². The summed E-state index contributed by atoms with van der Waals surface area (Å²) in [7, 11) is 0. The van der Waals surface area contributed by atoms with Gasteiger partial charge in [-0.15, -0.1) is 12.6 Å². The van der Waals surface area contributed by atoms with Gasteiger partial charge in [0.1, 0.15) is 5.82 Å². The van der Waals surface area contributed by atoms with Crippen LogP contribution in [0.4, 0.5) is 10.1 Å². The van der Waals surface area contributed by atoms with Gasteiger partial charge in [0.15, 0.2) is 0 Å². The Morgan fingerprint density at radius 2 is 2.00 bits per heavy atom. The number of nitrogens with one attached hydrogen (secondary N) is 1. The standard InChI is InChI=1S/C14H11BrFNOS/c1-8-6-10(15)11(16)7-12(8)17-14(18)9-4-2-3-5-13(9)19/h2-7,19H,1H3,(H,17,18). The molecule has 0 radical (unpaired) electrons. The van der Waals surface area contributed by atoms with E-state index in [0.29, 0.717) is 20.6 Å². The molecule has 0 aliphatic heterocycles. The highest BCUT2D eigenvalue weighted by Gasteiger charge is 2.12. The number of anilines is 1. The summed E-state index contributed by atoms with van der Waals surface area (Å²) in [4.78, 5) is 12.7. The van der Waals surface area contributed by atoms with Crippen LogP contribution in [0.25, 0.3) is 0 Å². The van der Waals surface area contributed by atoms with Gasteiger partial charge < -0.3 is 5.32 Å². The number of hydrogen-bond acceptors (Lipinski definition) is 2. The number of halogens is 2. The lowest BCUT2D eigenvalue weighted by molar-refractivity contribution is 0.102. The van der Waals surface area contributed by atoms with E-state index in [2.05, 4.69) is 33.9 Å². The quantitative estimate of drug-likeness (QED) is 0.778. The molecule has 0 heterocycles. The van der Waals surface area contributed by atoms with Crippen LogP contribution >= 0.6 is 28.6 Å². The van der Waals surface area contributed by atoms with Gasteiger partial charge in [-0.2, -0.15) is 0 Å². The average molecular weight is 340 g/mol. The molecule has 2 rings (SSSR count). The van der Waals surface area contributed by atoms with Gasteiger partial charge in [-0.25, -0.2) is 4.39 Å². The van der Waals surface area contributed by atoms with Crippen LogP contribution in [0.15, 0.2) is 45.8 Å². The number of thiol groups is 1. The van der Waals surface area contributed by atoms with Crippen molar-refractivity contribution in [3.63, 3.8) is 0 Å². The van der Waals surface area contributed by atoms with E-state index in [9.17, 15) is 9.18 Å². The Labute approximate surface area is 124 Å². The third-order valence-electron chi connectivity index (χ3n) is 2.66. The fraction of sp³-hybridized carbons (Fsp3) is 0.0714. The lowest BCUT2D eigenvalue weighted by atomic mass is 10.1. The highest BCUT2D eigenvalue weighted by molar-refractivity contribution is 9.10. The molecular weight excluding hydrogens is 329 g/mol. The van der Waals surface area contributed by atoms with Gasteiger partial charge in [0.05, 0.1) is 10.0 Å². The number of carbonyl (C=O) groups excluding carboxylic acids is 1. The average Bonchev–Trinajstić information content (AvgIpc) is 2.36. The molecule has 0 saturated heterocycles. The minimum atomic E-state index is -0.417. The van der Waals surface area contributed by atoms with Crippen molar-refractivity contribution in [3.05, 3.63) is 57.8 Å². The first-order valence-electron chi connectivity index (χ1n) is 5.54. The zero-order valence-electron chi connectivity index (χ0n) is 10.1. The Kier molecular flexibility index (Phi) is 4.27. The van der Waals surface area contributed by atoms with E-state index in [1.54, 1.807) is 37.3 Å². The molecule has 0 fully saturated rings. The van der Waals surface area contributed by atoms with Gasteiger partial charge in [-0.05, 0) is 52.7 Å². The Hall–Kier alpha value is -1.33. The maximum absolute atomic E-state index is 13.5. The third kappa shape index (κ3) is 3.16. The Balaban J connectivity index is 2.30. The molecule has 0 saturated carbocycles. The molecule has 2 aromatic rings. The van der Waals surface area contributed by atoms with E-state index < -0.39 is 5.82 Å². The van der Waals surface area contributed by atoms with Crippen LogP contribution in [0.5, 0.6) is 0 Å². The number of carbonyl (C=O) groups is 1. The fourth-order valence-corrected chi connectivity index (χ4v) is 2.36. The van der Waals surface area contributed by atoms with E-state index in [1.165, 1.54) is 6.07 Å². The summed E-state index contributed by atoms with van der Waals surface area (Å²) in [5.74, 6) is -0.726. The maximum Gasteiger partial charge on any atom is 0.256 e. The van der Waals surface area contributed by atoms with Gasteiger partial charge in [0, 0.05) is 10.6 Å². The largest absolute Gasteiger partial charge is 0.322 e. The molecular formula is C14H11BrFNOS. The molecule has 0 aromatic heterocycles. The number of amides is 1. The van der Waals surface area contributed by atoms with Gasteiger partial charge in [0.25, 0.3) is 5.91 Å². The first-order valence-corrected chi connectivity index (χ1v) is 6.78. The molecule has 0 aliphatic carbocycles. The SMILES string of the molecule is Cc1cc(Br)c(F)cc1NC(=O)c1ccccc1S. The van der Waals surface area contributed by atoms with Gasteiger partial charge in [0.2, 0.25) is 0 Å². The van der Waals surface area contributed by atoms with Crippen LogP contribution in [0, 0.1) is 12.7 Å². The molecule has 2 aromatic carbocycles. The number of benzene rings is 2. The molecule has 1 N–H and O–H groups in total. The van der Waals surface area contributed by atoms with Crippen molar-refractivity contribution in [2.75, 3.05) is 5.32 Å². The molecule has 2 nitrogen and oxygen atoms in total. The molecule has 0 bridgehead atoms. The van der Waals surface area contributed by atoms with Crippen LogP contribution in [-0.4, -0.2) is 5.91 Å². The predicted octanol–water partition coefficient (Wildman–Crippen LogP) is 4.44. The molecule has 0 aliphatic rings. The van der Waals surface area contributed by atoms with Crippen molar-refractivity contribution in [1.29, 1.82) is 0 Å². The van der Waals surface area contributed by atoms with Gasteiger partial charge in [-0.3, -0.25) is 4.79 Å². The van der Waals surface area contributed by atoms with Crippen molar-refractivity contribution in [1.82, 2.24) is 0 Å². The highest BCUT2D eigenvalue weighted by atomic mass is 79.9. The normalized spacial score (nSPS) is 10.3. The minimum Gasteiger partial charge on any atom is -0.322 e. The third-order valence-corrected chi connectivity index (χ3v) is 3.66. The van der Waals surface area contributed by atoms with Crippen LogP contribution in [0.1, 0.15) is 15.9 Å². The number of aryl methyl sites for hydroxylation is 1. The van der Waals surface area contributed by atoms with Crippen LogP contribution in [0.2, 0.25) is 0 Å². The Bertz CT molecular complexity index is 645. The lowest BCUT2D eigenvalue weighted by Gasteiger charge is -2.10. The summed E-state index contributed by atoms with van der Waals surface area (Å²) < 4.78 is 13.9. The van der Waals surface area contributed by atoms with E-state index >= 15 is 0 Å². The molecule has 1 amide bonds.